The zero-order valence-corrected chi connectivity index (χ0v) is 15.8. The molecular formula is C22H26FNO3. The molecule has 0 aliphatic carbocycles. The first-order chi connectivity index (χ1) is 13.0. The van der Waals surface area contributed by atoms with Gasteiger partial charge < -0.3 is 15.2 Å². The minimum absolute atomic E-state index is 0.0905. The average Bonchev–Trinajstić information content (AvgIpc) is 2.64. The number of carbonyl (C=O) groups is 1. The minimum atomic E-state index is -0.477. The number of halogens is 1. The number of rotatable bonds is 9. The van der Waals surface area contributed by atoms with Crippen LogP contribution in [0.1, 0.15) is 36.4 Å². The van der Waals surface area contributed by atoms with Gasteiger partial charge in [-0.15, -0.1) is 6.58 Å². The number of methoxy groups -OCH3 is 1. The van der Waals surface area contributed by atoms with Crippen molar-refractivity contribution in [3.63, 3.8) is 0 Å². The van der Waals surface area contributed by atoms with E-state index in [0.29, 0.717) is 12.4 Å². The summed E-state index contributed by atoms with van der Waals surface area (Å²) in [7, 11) is 1.34. The van der Waals surface area contributed by atoms with Crippen molar-refractivity contribution < 1.29 is 18.7 Å². The van der Waals surface area contributed by atoms with Crippen molar-refractivity contribution in [3.8, 4) is 16.9 Å². The smallest absolute Gasteiger partial charge is 0.307 e. The molecule has 2 aromatic rings. The van der Waals surface area contributed by atoms with Gasteiger partial charge in [0, 0.05) is 17.7 Å². The second-order valence-electron chi connectivity index (χ2n) is 6.39. The van der Waals surface area contributed by atoms with Crippen LogP contribution >= 0.6 is 0 Å². The van der Waals surface area contributed by atoms with E-state index < -0.39 is 6.04 Å². The Hall–Kier alpha value is -2.66. The molecule has 27 heavy (non-hydrogen) atoms. The number of nitrogens with two attached hydrogens (primary N) is 1. The van der Waals surface area contributed by atoms with Crippen molar-refractivity contribution in [1.82, 2.24) is 0 Å². The van der Waals surface area contributed by atoms with E-state index in [9.17, 15) is 9.18 Å². The van der Waals surface area contributed by atoms with E-state index in [1.807, 2.05) is 37.3 Å². The Bertz CT molecular complexity index is 804. The molecule has 2 rings (SSSR count). The number of ether oxygens (including phenoxy) is 2. The van der Waals surface area contributed by atoms with E-state index in [0.717, 1.165) is 35.1 Å². The predicted molar refractivity (Wildman–Crippen MR) is 105 cm³/mol. The van der Waals surface area contributed by atoms with Crippen molar-refractivity contribution in [3.05, 3.63) is 66.0 Å². The molecule has 0 aliphatic rings. The van der Waals surface area contributed by atoms with Gasteiger partial charge in [0.1, 0.15) is 11.6 Å². The lowest BCUT2D eigenvalue weighted by Gasteiger charge is -2.17. The van der Waals surface area contributed by atoms with Gasteiger partial charge in [-0.1, -0.05) is 24.3 Å². The van der Waals surface area contributed by atoms with Crippen molar-refractivity contribution in [1.29, 1.82) is 0 Å². The van der Waals surface area contributed by atoms with Crippen LogP contribution in [-0.4, -0.2) is 19.7 Å². The lowest BCUT2D eigenvalue weighted by Crippen LogP contribution is -2.16. The molecule has 0 saturated carbocycles. The highest BCUT2D eigenvalue weighted by Crippen LogP contribution is 2.35. The first kappa shape index (κ1) is 20.6. The SMILES string of the molecule is C=CCCCOc1cc(F)cc(C)c1-c1cccc([C@@H](N)CC(=O)OC)c1. The monoisotopic (exact) mass is 371 g/mol. The zero-order valence-electron chi connectivity index (χ0n) is 15.8. The largest absolute Gasteiger partial charge is 0.493 e. The molecule has 0 spiro atoms. The molecule has 0 unspecified atom stereocenters. The van der Waals surface area contributed by atoms with Crippen molar-refractivity contribution in [2.24, 2.45) is 5.73 Å². The molecule has 0 amide bonds. The maximum absolute atomic E-state index is 13.9. The zero-order chi connectivity index (χ0) is 19.8. The lowest BCUT2D eigenvalue weighted by atomic mass is 9.95. The van der Waals surface area contributed by atoms with Crippen LogP contribution in [0.3, 0.4) is 0 Å². The van der Waals surface area contributed by atoms with Gasteiger partial charge in [0.25, 0.3) is 0 Å². The van der Waals surface area contributed by atoms with Crippen LogP contribution in [0.25, 0.3) is 11.1 Å². The maximum atomic E-state index is 13.9. The minimum Gasteiger partial charge on any atom is -0.493 e. The molecule has 4 nitrogen and oxygen atoms in total. The van der Waals surface area contributed by atoms with Crippen LogP contribution in [0, 0.1) is 12.7 Å². The Morgan fingerprint density at radius 1 is 1.33 bits per heavy atom. The third-order valence-corrected chi connectivity index (χ3v) is 4.29. The number of carbonyl (C=O) groups excluding carboxylic acids is 1. The van der Waals surface area contributed by atoms with Crippen LogP contribution in [0.15, 0.2) is 49.1 Å². The lowest BCUT2D eigenvalue weighted by molar-refractivity contribution is -0.141. The molecule has 2 N–H and O–H groups in total. The summed E-state index contributed by atoms with van der Waals surface area (Å²) in [6.45, 7) is 6.01. The molecule has 1 atom stereocenters. The van der Waals surface area contributed by atoms with Gasteiger partial charge in [0.15, 0.2) is 0 Å². The fourth-order valence-corrected chi connectivity index (χ4v) is 2.91. The highest BCUT2D eigenvalue weighted by atomic mass is 19.1. The third kappa shape index (κ3) is 5.66. The second kappa shape index (κ2) is 9.88. The number of allylic oxidation sites excluding steroid dienone is 1. The Labute approximate surface area is 159 Å². The summed E-state index contributed by atoms with van der Waals surface area (Å²) in [5.41, 5.74) is 9.39. The van der Waals surface area contributed by atoms with Crippen molar-refractivity contribution >= 4 is 5.97 Å². The predicted octanol–water partition coefficient (Wildman–Crippen LogP) is 4.71. The molecule has 0 fully saturated rings. The number of unbranched alkanes of at least 4 members (excludes halogenated alkanes) is 1. The summed E-state index contributed by atoms with van der Waals surface area (Å²) in [6.07, 6.45) is 3.56. The first-order valence-electron chi connectivity index (χ1n) is 8.92. The van der Waals surface area contributed by atoms with Gasteiger partial charge in [-0.25, -0.2) is 4.39 Å². The summed E-state index contributed by atoms with van der Waals surface area (Å²) < 4.78 is 24.5. The van der Waals surface area contributed by atoms with Gasteiger partial charge in [-0.05, 0) is 48.6 Å². The van der Waals surface area contributed by atoms with Crippen LogP contribution in [0.2, 0.25) is 0 Å². The summed E-state index contributed by atoms with van der Waals surface area (Å²) in [4.78, 5) is 11.5. The fraction of sp³-hybridized carbons (Fsp3) is 0.318. The van der Waals surface area contributed by atoms with E-state index in [4.69, 9.17) is 10.5 Å². The van der Waals surface area contributed by atoms with Gasteiger partial charge >= 0.3 is 5.97 Å². The molecule has 0 heterocycles. The Morgan fingerprint density at radius 3 is 2.81 bits per heavy atom. The molecule has 0 bridgehead atoms. The Morgan fingerprint density at radius 2 is 2.11 bits per heavy atom. The molecule has 5 heteroatoms. The Kier molecular flexibility index (Phi) is 7.55. The molecule has 0 saturated heterocycles. The first-order valence-corrected chi connectivity index (χ1v) is 8.92. The number of esters is 1. The van der Waals surface area contributed by atoms with E-state index >= 15 is 0 Å². The molecular weight excluding hydrogens is 345 g/mol. The van der Waals surface area contributed by atoms with Gasteiger partial charge in [0.2, 0.25) is 0 Å². The highest BCUT2D eigenvalue weighted by Gasteiger charge is 2.16. The second-order valence-corrected chi connectivity index (χ2v) is 6.39. The van der Waals surface area contributed by atoms with Crippen molar-refractivity contribution in [2.75, 3.05) is 13.7 Å². The van der Waals surface area contributed by atoms with Crippen LogP contribution in [-0.2, 0) is 9.53 Å². The van der Waals surface area contributed by atoms with Gasteiger partial charge in [-0.2, -0.15) is 0 Å². The number of hydrogen-bond donors (Lipinski definition) is 1. The molecule has 2 aromatic carbocycles. The highest BCUT2D eigenvalue weighted by molar-refractivity contribution is 5.75. The van der Waals surface area contributed by atoms with Crippen LogP contribution in [0.4, 0.5) is 4.39 Å². The van der Waals surface area contributed by atoms with E-state index in [1.165, 1.54) is 19.2 Å². The molecule has 144 valence electrons. The Balaban J connectivity index is 2.35. The molecule has 0 radical (unpaired) electrons. The third-order valence-electron chi connectivity index (χ3n) is 4.29. The molecule has 0 aromatic heterocycles. The summed E-state index contributed by atoms with van der Waals surface area (Å²) in [6, 6.07) is 9.96. The number of benzene rings is 2. The van der Waals surface area contributed by atoms with E-state index in [2.05, 4.69) is 11.3 Å². The normalized spacial score (nSPS) is 11.7. The average molecular weight is 371 g/mol. The quantitative estimate of drug-likeness (QED) is 0.394. The summed E-state index contributed by atoms with van der Waals surface area (Å²) in [5, 5.41) is 0. The summed E-state index contributed by atoms with van der Waals surface area (Å²) in [5.74, 6) is -0.208. The number of aryl methyl sites for hydroxylation is 1. The molecule has 0 aliphatic heterocycles. The van der Waals surface area contributed by atoms with Crippen molar-refractivity contribution in [2.45, 2.75) is 32.2 Å². The summed E-state index contributed by atoms with van der Waals surface area (Å²) >= 11 is 0. The number of hydrogen-bond acceptors (Lipinski definition) is 4. The standard InChI is InChI=1S/C22H26FNO3/c1-4-5-6-10-27-20-13-18(23)11-15(2)22(20)17-9-7-8-16(12-17)19(24)14-21(25)26-3/h4,7-9,11-13,19H,1,5-6,10,14,24H2,2-3H3/t19-/m0/s1. The topological polar surface area (TPSA) is 61.5 Å². The van der Waals surface area contributed by atoms with E-state index in [-0.39, 0.29) is 18.2 Å². The maximum Gasteiger partial charge on any atom is 0.307 e. The van der Waals surface area contributed by atoms with Gasteiger partial charge in [-0.3, -0.25) is 4.79 Å². The van der Waals surface area contributed by atoms with Crippen LogP contribution < -0.4 is 10.5 Å². The van der Waals surface area contributed by atoms with Crippen LogP contribution in [0.5, 0.6) is 5.75 Å². The van der Waals surface area contributed by atoms with E-state index in [1.54, 1.807) is 0 Å². The van der Waals surface area contributed by atoms with Gasteiger partial charge in [0.05, 0.1) is 20.1 Å². The fourth-order valence-electron chi connectivity index (χ4n) is 2.91.